The molecule has 0 aliphatic carbocycles. The molecule has 14 heavy (non-hydrogen) atoms. The Morgan fingerprint density at radius 1 is 1.36 bits per heavy atom. The van der Waals surface area contributed by atoms with Crippen LogP contribution in [0.5, 0.6) is 0 Å². The van der Waals surface area contributed by atoms with Crippen molar-refractivity contribution in [2.75, 3.05) is 6.54 Å². The molecular formula is C12H16ClN. The van der Waals surface area contributed by atoms with Gasteiger partial charge in [0.25, 0.3) is 0 Å². The maximum absolute atomic E-state index is 6.17. The molecule has 2 heteroatoms. The smallest absolute Gasteiger partial charge is 0.0453 e. The molecule has 1 N–H and O–H groups in total. The average Bonchev–Trinajstić information content (AvgIpc) is 2.18. The van der Waals surface area contributed by atoms with Crippen LogP contribution in [0, 0.1) is 5.92 Å². The molecule has 76 valence electrons. The normalized spacial score (nSPS) is 27.6. The van der Waals surface area contributed by atoms with Crippen LogP contribution in [0.1, 0.15) is 31.4 Å². The largest absolute Gasteiger partial charge is 0.310 e. The number of halogens is 1. The van der Waals surface area contributed by atoms with Crippen molar-refractivity contribution in [2.45, 2.75) is 25.8 Å². The van der Waals surface area contributed by atoms with Gasteiger partial charge in [-0.05, 0) is 36.9 Å². The standard InChI is InChI=1S/C12H16ClN/c1-9-6-7-14-12(8-9)10-4-2-3-5-11(10)13/h2-5,9,12,14H,6-8H2,1H3. The summed E-state index contributed by atoms with van der Waals surface area (Å²) in [6, 6.07) is 8.59. The van der Waals surface area contributed by atoms with Crippen LogP contribution >= 0.6 is 11.6 Å². The molecule has 1 aromatic rings. The lowest BCUT2D eigenvalue weighted by atomic mass is 9.90. The zero-order valence-electron chi connectivity index (χ0n) is 8.46. The molecule has 0 saturated carbocycles. The molecule has 0 aromatic heterocycles. The van der Waals surface area contributed by atoms with Crippen molar-refractivity contribution in [2.24, 2.45) is 5.92 Å². The third kappa shape index (κ3) is 2.10. The van der Waals surface area contributed by atoms with Crippen molar-refractivity contribution < 1.29 is 0 Å². The number of hydrogen-bond donors (Lipinski definition) is 1. The third-order valence-corrected chi connectivity index (χ3v) is 3.29. The highest BCUT2D eigenvalue weighted by molar-refractivity contribution is 6.31. The van der Waals surface area contributed by atoms with Gasteiger partial charge in [-0.25, -0.2) is 0 Å². The van der Waals surface area contributed by atoms with Crippen molar-refractivity contribution in [3.8, 4) is 0 Å². The molecule has 0 radical (unpaired) electrons. The molecule has 1 aliphatic heterocycles. The van der Waals surface area contributed by atoms with Gasteiger partial charge in [0.15, 0.2) is 0 Å². The van der Waals surface area contributed by atoms with Gasteiger partial charge in [-0.2, -0.15) is 0 Å². The number of rotatable bonds is 1. The lowest BCUT2D eigenvalue weighted by Crippen LogP contribution is -2.30. The topological polar surface area (TPSA) is 12.0 Å². The lowest BCUT2D eigenvalue weighted by Gasteiger charge is -2.29. The number of piperidine rings is 1. The zero-order valence-corrected chi connectivity index (χ0v) is 9.22. The van der Waals surface area contributed by atoms with E-state index in [1.54, 1.807) is 0 Å². The fraction of sp³-hybridized carbons (Fsp3) is 0.500. The minimum absolute atomic E-state index is 0.451. The van der Waals surface area contributed by atoms with Crippen molar-refractivity contribution in [3.63, 3.8) is 0 Å². The van der Waals surface area contributed by atoms with E-state index in [-0.39, 0.29) is 0 Å². The Morgan fingerprint density at radius 3 is 2.86 bits per heavy atom. The molecule has 2 rings (SSSR count). The molecule has 0 spiro atoms. The van der Waals surface area contributed by atoms with Gasteiger partial charge in [0.2, 0.25) is 0 Å². The molecule has 1 saturated heterocycles. The van der Waals surface area contributed by atoms with Gasteiger partial charge in [0.1, 0.15) is 0 Å². The van der Waals surface area contributed by atoms with Gasteiger partial charge in [0.05, 0.1) is 0 Å². The Hall–Kier alpha value is -0.530. The molecule has 0 amide bonds. The minimum Gasteiger partial charge on any atom is -0.310 e. The quantitative estimate of drug-likeness (QED) is 0.748. The molecular weight excluding hydrogens is 194 g/mol. The van der Waals surface area contributed by atoms with Crippen LogP contribution in [0.4, 0.5) is 0 Å². The first-order valence-corrected chi connectivity index (χ1v) is 5.63. The van der Waals surface area contributed by atoms with Gasteiger partial charge in [-0.3, -0.25) is 0 Å². The van der Waals surface area contributed by atoms with Crippen LogP contribution < -0.4 is 5.32 Å². The second kappa shape index (κ2) is 4.33. The fourth-order valence-corrected chi connectivity index (χ4v) is 2.37. The van der Waals surface area contributed by atoms with E-state index in [9.17, 15) is 0 Å². The molecule has 1 nitrogen and oxygen atoms in total. The Labute approximate surface area is 90.5 Å². The summed E-state index contributed by atoms with van der Waals surface area (Å²) in [4.78, 5) is 0. The van der Waals surface area contributed by atoms with Gasteiger partial charge in [-0.15, -0.1) is 0 Å². The molecule has 2 unspecified atom stereocenters. The Morgan fingerprint density at radius 2 is 2.14 bits per heavy atom. The summed E-state index contributed by atoms with van der Waals surface area (Å²) in [7, 11) is 0. The van der Waals surface area contributed by atoms with Gasteiger partial charge in [0, 0.05) is 11.1 Å². The monoisotopic (exact) mass is 209 g/mol. The van der Waals surface area contributed by atoms with E-state index in [0.29, 0.717) is 6.04 Å². The number of benzene rings is 1. The summed E-state index contributed by atoms with van der Waals surface area (Å²) in [5.74, 6) is 0.803. The number of nitrogens with one attached hydrogen (secondary N) is 1. The lowest BCUT2D eigenvalue weighted by molar-refractivity contribution is 0.325. The van der Waals surface area contributed by atoms with Crippen LogP contribution in [0.3, 0.4) is 0 Å². The first kappa shape index (κ1) is 10.0. The van der Waals surface area contributed by atoms with E-state index in [1.165, 1.54) is 18.4 Å². The molecule has 1 aliphatic rings. The predicted octanol–water partition coefficient (Wildman–Crippen LogP) is 3.40. The molecule has 1 heterocycles. The summed E-state index contributed by atoms with van der Waals surface area (Å²) >= 11 is 6.17. The van der Waals surface area contributed by atoms with E-state index in [4.69, 9.17) is 11.6 Å². The summed E-state index contributed by atoms with van der Waals surface area (Å²) in [5, 5.41) is 4.41. The Bertz CT molecular complexity index is 311. The number of hydrogen-bond acceptors (Lipinski definition) is 1. The summed E-state index contributed by atoms with van der Waals surface area (Å²) in [5.41, 5.74) is 1.25. The Kier molecular flexibility index (Phi) is 3.09. The summed E-state index contributed by atoms with van der Waals surface area (Å²) in [6.45, 7) is 3.42. The van der Waals surface area contributed by atoms with Gasteiger partial charge in [-0.1, -0.05) is 36.7 Å². The predicted molar refractivity (Wildman–Crippen MR) is 60.6 cm³/mol. The highest BCUT2D eigenvalue weighted by Gasteiger charge is 2.20. The summed E-state index contributed by atoms with van der Waals surface area (Å²) < 4.78 is 0. The third-order valence-electron chi connectivity index (χ3n) is 2.95. The van der Waals surface area contributed by atoms with E-state index in [1.807, 2.05) is 12.1 Å². The SMILES string of the molecule is CC1CCNC(c2ccccc2Cl)C1. The van der Waals surface area contributed by atoms with Crippen LogP contribution in [0.25, 0.3) is 0 Å². The maximum atomic E-state index is 6.17. The highest BCUT2D eigenvalue weighted by Crippen LogP contribution is 2.30. The Balaban J connectivity index is 2.18. The van der Waals surface area contributed by atoms with E-state index >= 15 is 0 Å². The van der Waals surface area contributed by atoms with Crippen LogP contribution in [-0.4, -0.2) is 6.54 Å². The van der Waals surface area contributed by atoms with Gasteiger partial charge < -0.3 is 5.32 Å². The average molecular weight is 210 g/mol. The first-order chi connectivity index (χ1) is 6.77. The van der Waals surface area contributed by atoms with Crippen LogP contribution in [0.2, 0.25) is 5.02 Å². The van der Waals surface area contributed by atoms with E-state index < -0.39 is 0 Å². The molecule has 1 aromatic carbocycles. The van der Waals surface area contributed by atoms with E-state index in [2.05, 4.69) is 24.4 Å². The van der Waals surface area contributed by atoms with Crippen molar-refractivity contribution >= 4 is 11.6 Å². The van der Waals surface area contributed by atoms with Crippen LogP contribution in [0.15, 0.2) is 24.3 Å². The van der Waals surface area contributed by atoms with Crippen LogP contribution in [-0.2, 0) is 0 Å². The van der Waals surface area contributed by atoms with Gasteiger partial charge >= 0.3 is 0 Å². The van der Waals surface area contributed by atoms with E-state index in [0.717, 1.165) is 17.5 Å². The van der Waals surface area contributed by atoms with Crippen molar-refractivity contribution in [1.82, 2.24) is 5.32 Å². The maximum Gasteiger partial charge on any atom is 0.0453 e. The zero-order chi connectivity index (χ0) is 9.97. The minimum atomic E-state index is 0.451. The second-order valence-electron chi connectivity index (χ2n) is 4.16. The van der Waals surface area contributed by atoms with Crippen molar-refractivity contribution in [3.05, 3.63) is 34.9 Å². The highest BCUT2D eigenvalue weighted by atomic mass is 35.5. The van der Waals surface area contributed by atoms with Crippen molar-refractivity contribution in [1.29, 1.82) is 0 Å². The molecule has 2 atom stereocenters. The molecule has 1 fully saturated rings. The summed E-state index contributed by atoms with van der Waals surface area (Å²) in [6.07, 6.45) is 2.48. The fourth-order valence-electron chi connectivity index (χ4n) is 2.10. The first-order valence-electron chi connectivity index (χ1n) is 5.25. The molecule has 0 bridgehead atoms. The second-order valence-corrected chi connectivity index (χ2v) is 4.56.